The minimum absolute atomic E-state index is 0.0101. The van der Waals surface area contributed by atoms with Gasteiger partial charge in [-0.15, -0.1) is 0 Å². The maximum atomic E-state index is 12.6. The van der Waals surface area contributed by atoms with Crippen molar-refractivity contribution in [3.05, 3.63) is 70.8 Å². The predicted octanol–water partition coefficient (Wildman–Crippen LogP) is 0.908. The van der Waals surface area contributed by atoms with Crippen molar-refractivity contribution in [1.82, 2.24) is 9.80 Å². The van der Waals surface area contributed by atoms with Gasteiger partial charge in [0, 0.05) is 18.5 Å². The number of piperazine rings is 1. The van der Waals surface area contributed by atoms with Crippen LogP contribution in [0.2, 0.25) is 0 Å². The summed E-state index contributed by atoms with van der Waals surface area (Å²) in [6.07, 6.45) is 0.179. The van der Waals surface area contributed by atoms with Crippen LogP contribution in [0.4, 0.5) is 0 Å². The third-order valence-electron chi connectivity index (χ3n) is 5.83. The Balaban J connectivity index is 1.26. The number of carbonyl (C=O) groups is 3. The highest BCUT2D eigenvalue weighted by Crippen LogP contribution is 2.22. The van der Waals surface area contributed by atoms with Gasteiger partial charge in [0.2, 0.25) is 5.91 Å². The van der Waals surface area contributed by atoms with Crippen molar-refractivity contribution in [3.63, 3.8) is 0 Å². The summed E-state index contributed by atoms with van der Waals surface area (Å²) in [5.74, 6) is -0.590. The van der Waals surface area contributed by atoms with E-state index in [1.165, 1.54) is 20.9 Å². The molecule has 0 saturated carbocycles. The van der Waals surface area contributed by atoms with Crippen LogP contribution >= 0.6 is 0 Å². The molecule has 1 saturated heterocycles. The third-order valence-corrected chi connectivity index (χ3v) is 5.83. The summed E-state index contributed by atoms with van der Waals surface area (Å²) in [5.41, 5.74) is 3.43. The molecule has 0 spiro atoms. The number of aryl methyl sites for hydroxylation is 1. The fourth-order valence-corrected chi connectivity index (χ4v) is 4.05. The van der Waals surface area contributed by atoms with E-state index >= 15 is 0 Å². The minimum Gasteiger partial charge on any atom is -0.331 e. The van der Waals surface area contributed by atoms with Crippen LogP contribution in [-0.4, -0.2) is 60.2 Å². The van der Waals surface area contributed by atoms with Gasteiger partial charge in [-0.3, -0.25) is 19.3 Å². The Hall–Kier alpha value is -2.99. The smallest absolute Gasteiger partial charge is 0.261 e. The molecule has 0 bridgehead atoms. The zero-order chi connectivity index (χ0) is 20.4. The summed E-state index contributed by atoms with van der Waals surface area (Å²) < 4.78 is 0. The molecule has 2 aromatic rings. The molecule has 1 N–H and O–H groups in total. The Kier molecular flexibility index (Phi) is 5.45. The van der Waals surface area contributed by atoms with Crippen molar-refractivity contribution in [3.8, 4) is 0 Å². The van der Waals surface area contributed by atoms with E-state index in [0.717, 1.165) is 19.6 Å². The standard InChI is InChI=1S/C23H25N3O3/c1-17-6-8-18(9-7-17)16-24-12-14-25(15-13-24)21(27)10-11-26-22(28)19-4-2-3-5-20(19)23(26)29/h2-9H,10-16H2,1H3/p+1. The van der Waals surface area contributed by atoms with Gasteiger partial charge in [0.1, 0.15) is 6.54 Å². The van der Waals surface area contributed by atoms with Gasteiger partial charge in [0.05, 0.1) is 37.3 Å². The number of amides is 3. The fraction of sp³-hybridized carbons (Fsp3) is 0.348. The second kappa shape index (κ2) is 8.17. The summed E-state index contributed by atoms with van der Waals surface area (Å²) >= 11 is 0. The van der Waals surface area contributed by atoms with Crippen LogP contribution in [0.25, 0.3) is 0 Å². The van der Waals surface area contributed by atoms with Crippen LogP contribution in [0.3, 0.4) is 0 Å². The van der Waals surface area contributed by atoms with Crippen molar-refractivity contribution in [1.29, 1.82) is 0 Å². The summed E-state index contributed by atoms with van der Waals surface area (Å²) in [4.78, 5) is 42.0. The van der Waals surface area contributed by atoms with Crippen LogP contribution in [0.5, 0.6) is 0 Å². The molecule has 2 aliphatic heterocycles. The lowest BCUT2D eigenvalue weighted by Crippen LogP contribution is -3.13. The van der Waals surface area contributed by atoms with Crippen LogP contribution in [-0.2, 0) is 11.3 Å². The lowest BCUT2D eigenvalue weighted by molar-refractivity contribution is -0.917. The molecule has 2 aromatic carbocycles. The zero-order valence-corrected chi connectivity index (χ0v) is 16.7. The van der Waals surface area contributed by atoms with Crippen LogP contribution in [0.15, 0.2) is 48.5 Å². The van der Waals surface area contributed by atoms with Gasteiger partial charge < -0.3 is 9.80 Å². The van der Waals surface area contributed by atoms with E-state index in [9.17, 15) is 14.4 Å². The van der Waals surface area contributed by atoms with Gasteiger partial charge in [0.25, 0.3) is 11.8 Å². The Morgan fingerprint density at radius 3 is 2.10 bits per heavy atom. The molecular weight excluding hydrogens is 366 g/mol. The quantitative estimate of drug-likeness (QED) is 0.770. The molecule has 0 atom stereocenters. The van der Waals surface area contributed by atoms with E-state index < -0.39 is 0 Å². The van der Waals surface area contributed by atoms with Gasteiger partial charge >= 0.3 is 0 Å². The van der Waals surface area contributed by atoms with Gasteiger partial charge in [-0.2, -0.15) is 0 Å². The van der Waals surface area contributed by atoms with E-state index in [4.69, 9.17) is 0 Å². The van der Waals surface area contributed by atoms with Gasteiger partial charge in [-0.1, -0.05) is 42.0 Å². The third kappa shape index (κ3) is 4.07. The number of quaternary nitrogens is 1. The second-order valence-corrected chi connectivity index (χ2v) is 7.85. The van der Waals surface area contributed by atoms with Crippen LogP contribution in [0, 0.1) is 6.92 Å². The average Bonchev–Trinajstić information content (AvgIpc) is 2.99. The highest BCUT2D eigenvalue weighted by atomic mass is 16.2. The summed E-state index contributed by atoms with van der Waals surface area (Å²) in [5, 5.41) is 0. The van der Waals surface area contributed by atoms with Crippen molar-refractivity contribution in [2.75, 3.05) is 32.7 Å². The number of nitrogens with one attached hydrogen (secondary N) is 1. The molecule has 0 unspecified atom stereocenters. The molecular formula is C23H26N3O3+. The first-order valence-electron chi connectivity index (χ1n) is 10.1. The highest BCUT2D eigenvalue weighted by molar-refractivity contribution is 6.21. The maximum Gasteiger partial charge on any atom is 0.261 e. The summed E-state index contributed by atoms with van der Waals surface area (Å²) in [6, 6.07) is 15.4. The first-order chi connectivity index (χ1) is 14.0. The normalized spacial score (nSPS) is 17.0. The van der Waals surface area contributed by atoms with Gasteiger partial charge in [0.15, 0.2) is 0 Å². The molecule has 2 heterocycles. The largest absolute Gasteiger partial charge is 0.331 e. The number of rotatable bonds is 5. The predicted molar refractivity (Wildman–Crippen MR) is 109 cm³/mol. The molecule has 4 rings (SSSR count). The topological polar surface area (TPSA) is 62.1 Å². The molecule has 29 heavy (non-hydrogen) atoms. The summed E-state index contributed by atoms with van der Waals surface area (Å²) in [6.45, 7) is 6.44. The van der Waals surface area contributed by atoms with Gasteiger partial charge in [-0.05, 0) is 19.1 Å². The molecule has 150 valence electrons. The Bertz CT molecular complexity index is 896. The lowest BCUT2D eigenvalue weighted by atomic mass is 10.1. The molecule has 0 aromatic heterocycles. The van der Waals surface area contributed by atoms with E-state index in [1.54, 1.807) is 24.3 Å². The van der Waals surface area contributed by atoms with Crippen molar-refractivity contribution < 1.29 is 19.3 Å². The number of hydrogen-bond acceptors (Lipinski definition) is 3. The minimum atomic E-state index is -0.300. The average molecular weight is 392 g/mol. The number of benzene rings is 2. The zero-order valence-electron chi connectivity index (χ0n) is 16.7. The lowest BCUT2D eigenvalue weighted by Gasteiger charge is -2.32. The highest BCUT2D eigenvalue weighted by Gasteiger charge is 2.35. The molecule has 6 heteroatoms. The Morgan fingerprint density at radius 2 is 1.52 bits per heavy atom. The number of fused-ring (bicyclic) bond motifs is 1. The number of nitrogens with zero attached hydrogens (tertiary/aromatic N) is 2. The van der Waals surface area contributed by atoms with Crippen LogP contribution in [0.1, 0.15) is 38.3 Å². The van der Waals surface area contributed by atoms with Gasteiger partial charge in [-0.25, -0.2) is 0 Å². The molecule has 6 nitrogen and oxygen atoms in total. The summed E-state index contributed by atoms with van der Waals surface area (Å²) in [7, 11) is 0. The van der Waals surface area contributed by atoms with Crippen molar-refractivity contribution in [2.45, 2.75) is 19.9 Å². The molecule has 2 aliphatic rings. The van der Waals surface area contributed by atoms with Crippen LogP contribution < -0.4 is 4.90 Å². The van der Waals surface area contributed by atoms with E-state index in [2.05, 4.69) is 31.2 Å². The Labute approximate surface area is 170 Å². The first-order valence-corrected chi connectivity index (χ1v) is 10.1. The fourth-order valence-electron chi connectivity index (χ4n) is 4.05. The SMILES string of the molecule is Cc1ccc(C[NH+]2CCN(C(=O)CCN3C(=O)c4ccccc4C3=O)CC2)cc1. The monoisotopic (exact) mass is 392 g/mol. The molecule has 1 fully saturated rings. The Morgan fingerprint density at radius 1 is 0.931 bits per heavy atom. The van der Waals surface area contributed by atoms with Crippen molar-refractivity contribution in [2.24, 2.45) is 0 Å². The molecule has 3 amide bonds. The number of hydrogen-bond donors (Lipinski definition) is 1. The van der Waals surface area contributed by atoms with Crippen molar-refractivity contribution >= 4 is 17.7 Å². The van der Waals surface area contributed by atoms with E-state index in [0.29, 0.717) is 24.2 Å². The number of carbonyl (C=O) groups excluding carboxylic acids is 3. The van der Waals surface area contributed by atoms with E-state index in [1.807, 2.05) is 4.90 Å². The van der Waals surface area contributed by atoms with E-state index in [-0.39, 0.29) is 30.7 Å². The second-order valence-electron chi connectivity index (χ2n) is 7.85. The molecule has 0 radical (unpaired) electrons. The maximum absolute atomic E-state index is 12.6. The molecule has 0 aliphatic carbocycles. The number of imide groups is 1. The first kappa shape index (κ1) is 19.3.